The summed E-state index contributed by atoms with van der Waals surface area (Å²) < 4.78 is 7.03. The molecule has 1 fully saturated rings. The van der Waals surface area contributed by atoms with Crippen LogP contribution < -0.4 is 5.32 Å². The van der Waals surface area contributed by atoms with E-state index >= 15 is 0 Å². The molecule has 2 nitrogen and oxygen atoms in total. The van der Waals surface area contributed by atoms with Gasteiger partial charge in [0.25, 0.3) is 0 Å². The molecule has 1 saturated heterocycles. The van der Waals surface area contributed by atoms with Crippen molar-refractivity contribution in [3.63, 3.8) is 0 Å². The van der Waals surface area contributed by atoms with E-state index in [-0.39, 0.29) is 6.04 Å². The first-order valence-electron chi connectivity index (χ1n) is 7.22. The molecule has 0 radical (unpaired) electrons. The van der Waals surface area contributed by atoms with E-state index in [1.54, 1.807) is 0 Å². The van der Waals surface area contributed by atoms with Gasteiger partial charge >= 0.3 is 0 Å². The van der Waals surface area contributed by atoms with E-state index < -0.39 is 0 Å². The summed E-state index contributed by atoms with van der Waals surface area (Å²) in [7, 11) is 0. The fourth-order valence-electron chi connectivity index (χ4n) is 2.64. The lowest BCUT2D eigenvalue weighted by atomic mass is 10.0. The molecule has 1 unspecified atom stereocenters. The number of benzene rings is 1. The van der Waals surface area contributed by atoms with Crippen LogP contribution in [0.1, 0.15) is 31.6 Å². The molecule has 108 valence electrons. The molecule has 1 aromatic carbocycles. The lowest BCUT2D eigenvalue weighted by Crippen LogP contribution is -2.27. The summed E-state index contributed by atoms with van der Waals surface area (Å²) >= 11 is 5.59. The highest BCUT2D eigenvalue weighted by molar-refractivity contribution is 9.10. The lowest BCUT2D eigenvalue weighted by Gasteiger charge is -2.23. The molecule has 4 heteroatoms. The Bertz CT molecular complexity index is 577. The van der Waals surface area contributed by atoms with Gasteiger partial charge in [0.2, 0.25) is 0 Å². The predicted molar refractivity (Wildman–Crippen MR) is 90.4 cm³/mol. The summed E-state index contributed by atoms with van der Waals surface area (Å²) in [6.07, 6.45) is 2.69. The molecule has 1 aliphatic rings. The second-order valence-electron chi connectivity index (χ2n) is 5.52. The van der Waals surface area contributed by atoms with Crippen LogP contribution in [0.4, 0.5) is 0 Å². The third-order valence-electron chi connectivity index (χ3n) is 3.98. The van der Waals surface area contributed by atoms with Gasteiger partial charge in [0, 0.05) is 9.86 Å². The van der Waals surface area contributed by atoms with Crippen LogP contribution in [0.2, 0.25) is 0 Å². The van der Waals surface area contributed by atoms with Crippen LogP contribution >= 0.6 is 27.7 Å². The van der Waals surface area contributed by atoms with E-state index in [1.165, 1.54) is 24.3 Å². The standard InChI is InChI=1S/C16H20BrNOS/c1-11(18-10-12-4-6-20-7-5-12)16-9-13-8-14(17)2-3-15(13)19-16/h2-3,8-9,11-12,18H,4-7,10H2,1H3. The molecule has 0 aliphatic carbocycles. The molecular formula is C16H20BrNOS. The minimum atomic E-state index is 0.274. The Morgan fingerprint density at radius 2 is 2.15 bits per heavy atom. The number of fused-ring (bicyclic) bond motifs is 1. The van der Waals surface area contributed by atoms with Crippen LogP contribution in [0.3, 0.4) is 0 Å². The number of halogens is 1. The van der Waals surface area contributed by atoms with E-state index in [9.17, 15) is 0 Å². The first-order chi connectivity index (χ1) is 9.72. The summed E-state index contributed by atoms with van der Waals surface area (Å²) in [5, 5.41) is 4.79. The van der Waals surface area contributed by atoms with E-state index in [2.05, 4.69) is 52.1 Å². The zero-order valence-corrected chi connectivity index (χ0v) is 14.1. The van der Waals surface area contributed by atoms with Crippen molar-refractivity contribution in [1.82, 2.24) is 5.32 Å². The molecule has 0 amide bonds. The van der Waals surface area contributed by atoms with Crippen molar-refractivity contribution in [2.45, 2.75) is 25.8 Å². The highest BCUT2D eigenvalue weighted by atomic mass is 79.9. The van der Waals surface area contributed by atoms with Gasteiger partial charge in [0.1, 0.15) is 11.3 Å². The minimum Gasteiger partial charge on any atom is -0.459 e. The summed E-state index contributed by atoms with van der Waals surface area (Å²) in [6.45, 7) is 3.28. The van der Waals surface area contributed by atoms with Crippen LogP contribution in [0, 0.1) is 5.92 Å². The highest BCUT2D eigenvalue weighted by Crippen LogP contribution is 2.27. The van der Waals surface area contributed by atoms with E-state index in [0.717, 1.165) is 33.7 Å². The van der Waals surface area contributed by atoms with Crippen LogP contribution in [-0.4, -0.2) is 18.1 Å². The molecule has 1 aliphatic heterocycles. The Morgan fingerprint density at radius 3 is 2.95 bits per heavy atom. The number of nitrogens with one attached hydrogen (secondary N) is 1. The van der Waals surface area contributed by atoms with Gasteiger partial charge in [-0.15, -0.1) is 0 Å². The van der Waals surface area contributed by atoms with Crippen molar-refractivity contribution in [2.75, 3.05) is 18.1 Å². The topological polar surface area (TPSA) is 25.2 Å². The molecule has 20 heavy (non-hydrogen) atoms. The van der Waals surface area contributed by atoms with E-state index in [4.69, 9.17) is 4.42 Å². The summed E-state index contributed by atoms with van der Waals surface area (Å²) in [6, 6.07) is 8.57. The Morgan fingerprint density at radius 1 is 1.35 bits per heavy atom. The summed E-state index contributed by atoms with van der Waals surface area (Å²) in [5.41, 5.74) is 0.964. The van der Waals surface area contributed by atoms with Crippen molar-refractivity contribution >= 4 is 38.7 Å². The van der Waals surface area contributed by atoms with Crippen LogP contribution in [0.5, 0.6) is 0 Å². The highest BCUT2D eigenvalue weighted by Gasteiger charge is 2.16. The molecule has 0 spiro atoms. The molecule has 1 atom stereocenters. The monoisotopic (exact) mass is 353 g/mol. The van der Waals surface area contributed by atoms with Crippen LogP contribution in [0.15, 0.2) is 33.2 Å². The second-order valence-corrected chi connectivity index (χ2v) is 7.66. The van der Waals surface area contributed by atoms with E-state index in [1.807, 2.05) is 12.1 Å². The third-order valence-corrected chi connectivity index (χ3v) is 5.52. The quantitative estimate of drug-likeness (QED) is 0.837. The predicted octanol–water partition coefficient (Wildman–Crippen LogP) is 4.99. The molecule has 1 N–H and O–H groups in total. The fraction of sp³-hybridized carbons (Fsp3) is 0.500. The van der Waals surface area contributed by atoms with Crippen molar-refractivity contribution in [1.29, 1.82) is 0 Å². The van der Waals surface area contributed by atoms with Gasteiger partial charge in [-0.1, -0.05) is 15.9 Å². The minimum absolute atomic E-state index is 0.274. The van der Waals surface area contributed by atoms with Gasteiger partial charge in [-0.05, 0) is 68.0 Å². The van der Waals surface area contributed by atoms with E-state index in [0.29, 0.717) is 0 Å². The number of thioether (sulfide) groups is 1. The van der Waals surface area contributed by atoms with Crippen LogP contribution in [0.25, 0.3) is 11.0 Å². The Hall–Kier alpha value is -0.450. The molecular weight excluding hydrogens is 334 g/mol. The largest absolute Gasteiger partial charge is 0.459 e. The first kappa shape index (κ1) is 14.5. The van der Waals surface area contributed by atoms with Crippen molar-refractivity contribution in [2.24, 2.45) is 5.92 Å². The van der Waals surface area contributed by atoms with Gasteiger partial charge in [-0.3, -0.25) is 0 Å². The normalized spacial score (nSPS) is 18.5. The molecule has 0 bridgehead atoms. The van der Waals surface area contributed by atoms with Crippen molar-refractivity contribution in [3.05, 3.63) is 34.5 Å². The Balaban J connectivity index is 1.64. The first-order valence-corrected chi connectivity index (χ1v) is 9.17. The lowest BCUT2D eigenvalue weighted by molar-refractivity contribution is 0.389. The Labute approximate surface area is 132 Å². The van der Waals surface area contributed by atoms with Gasteiger partial charge in [0.15, 0.2) is 0 Å². The molecule has 2 heterocycles. The average molecular weight is 354 g/mol. The molecule has 2 aromatic rings. The number of hydrogen-bond acceptors (Lipinski definition) is 3. The number of furan rings is 1. The molecule has 1 aromatic heterocycles. The summed E-state index contributed by atoms with van der Waals surface area (Å²) in [5.74, 6) is 4.50. The maximum atomic E-state index is 5.94. The Kier molecular flexibility index (Phi) is 4.74. The zero-order chi connectivity index (χ0) is 13.9. The third kappa shape index (κ3) is 3.41. The smallest absolute Gasteiger partial charge is 0.134 e. The number of rotatable bonds is 4. The van der Waals surface area contributed by atoms with Crippen molar-refractivity contribution in [3.8, 4) is 0 Å². The summed E-state index contributed by atoms with van der Waals surface area (Å²) in [4.78, 5) is 0. The van der Waals surface area contributed by atoms with Gasteiger partial charge < -0.3 is 9.73 Å². The van der Waals surface area contributed by atoms with Crippen molar-refractivity contribution < 1.29 is 4.42 Å². The van der Waals surface area contributed by atoms with Gasteiger partial charge in [0.05, 0.1) is 6.04 Å². The average Bonchev–Trinajstić information content (AvgIpc) is 2.89. The molecule has 3 rings (SSSR count). The fourth-order valence-corrected chi connectivity index (χ4v) is 4.23. The maximum Gasteiger partial charge on any atom is 0.134 e. The van der Waals surface area contributed by atoms with Gasteiger partial charge in [-0.2, -0.15) is 11.8 Å². The SMILES string of the molecule is CC(NCC1CCSCC1)c1cc2cc(Br)ccc2o1. The molecule has 0 saturated carbocycles. The number of hydrogen-bond donors (Lipinski definition) is 1. The zero-order valence-electron chi connectivity index (χ0n) is 11.7. The second kappa shape index (κ2) is 6.54. The van der Waals surface area contributed by atoms with Gasteiger partial charge in [-0.25, -0.2) is 0 Å². The van der Waals surface area contributed by atoms with Crippen LogP contribution in [-0.2, 0) is 0 Å². The maximum absolute atomic E-state index is 5.94.